The fraction of sp³-hybridized carbons (Fsp3) is 0.176. The number of carbonyl (C=O) groups excluding carboxylic acids is 2. The Balaban J connectivity index is 1.94. The standard InChI is InChI=1S/C17H17BrN2O2/c1-11-7-8-15(13(18)9-11)20-17(22)10-16(21)19-14-6-4-3-5-12(14)2/h3-9H,10H2,1-2H3,(H,19,21)(H,20,22). The van der Waals surface area contributed by atoms with Crippen molar-refractivity contribution in [3.63, 3.8) is 0 Å². The Hall–Kier alpha value is -2.14. The van der Waals surface area contributed by atoms with E-state index in [2.05, 4.69) is 26.6 Å². The molecule has 0 atom stereocenters. The lowest BCUT2D eigenvalue weighted by atomic mass is 10.2. The van der Waals surface area contributed by atoms with Crippen LogP contribution in [0.5, 0.6) is 0 Å². The number of anilines is 2. The lowest BCUT2D eigenvalue weighted by Crippen LogP contribution is -2.21. The van der Waals surface area contributed by atoms with Gasteiger partial charge in [-0.3, -0.25) is 9.59 Å². The quantitative estimate of drug-likeness (QED) is 0.808. The number of amides is 2. The summed E-state index contributed by atoms with van der Waals surface area (Å²) in [5.41, 5.74) is 3.41. The topological polar surface area (TPSA) is 58.2 Å². The number of carbonyl (C=O) groups is 2. The van der Waals surface area contributed by atoms with Gasteiger partial charge in [0, 0.05) is 10.2 Å². The number of rotatable bonds is 4. The summed E-state index contributed by atoms with van der Waals surface area (Å²) in [5, 5.41) is 5.46. The zero-order chi connectivity index (χ0) is 16.1. The average molecular weight is 361 g/mol. The first-order valence-electron chi connectivity index (χ1n) is 6.87. The van der Waals surface area contributed by atoms with Gasteiger partial charge in [0.25, 0.3) is 0 Å². The minimum Gasteiger partial charge on any atom is -0.325 e. The zero-order valence-electron chi connectivity index (χ0n) is 12.4. The van der Waals surface area contributed by atoms with Crippen molar-refractivity contribution in [2.45, 2.75) is 20.3 Å². The summed E-state index contributed by atoms with van der Waals surface area (Å²) >= 11 is 3.39. The van der Waals surface area contributed by atoms with E-state index in [0.717, 1.165) is 21.3 Å². The van der Waals surface area contributed by atoms with Crippen LogP contribution in [0, 0.1) is 13.8 Å². The second-order valence-electron chi connectivity index (χ2n) is 5.07. The normalized spacial score (nSPS) is 10.1. The first-order valence-corrected chi connectivity index (χ1v) is 7.66. The predicted molar refractivity (Wildman–Crippen MR) is 91.9 cm³/mol. The van der Waals surface area contributed by atoms with Crippen molar-refractivity contribution in [3.05, 3.63) is 58.1 Å². The van der Waals surface area contributed by atoms with Crippen molar-refractivity contribution in [3.8, 4) is 0 Å². The summed E-state index contributed by atoms with van der Waals surface area (Å²) in [5.74, 6) is -0.689. The Morgan fingerprint density at radius 2 is 1.59 bits per heavy atom. The van der Waals surface area contributed by atoms with Crippen LogP contribution in [0.3, 0.4) is 0 Å². The van der Waals surface area contributed by atoms with Gasteiger partial charge in [-0.15, -0.1) is 0 Å². The van der Waals surface area contributed by atoms with Crippen molar-refractivity contribution < 1.29 is 9.59 Å². The van der Waals surface area contributed by atoms with Gasteiger partial charge in [0.05, 0.1) is 5.69 Å². The maximum absolute atomic E-state index is 11.9. The fourth-order valence-electron chi connectivity index (χ4n) is 1.97. The predicted octanol–water partition coefficient (Wildman–Crippen LogP) is 4.03. The monoisotopic (exact) mass is 360 g/mol. The minimum absolute atomic E-state index is 0.228. The molecule has 2 aromatic carbocycles. The molecule has 2 rings (SSSR count). The van der Waals surface area contributed by atoms with E-state index in [-0.39, 0.29) is 18.2 Å². The number of halogens is 1. The molecule has 0 heterocycles. The molecular formula is C17H17BrN2O2. The summed E-state index contributed by atoms with van der Waals surface area (Å²) in [6.07, 6.45) is -0.228. The zero-order valence-corrected chi connectivity index (χ0v) is 14.0. The smallest absolute Gasteiger partial charge is 0.233 e. The largest absolute Gasteiger partial charge is 0.325 e. The first kappa shape index (κ1) is 16.2. The van der Waals surface area contributed by atoms with E-state index in [1.807, 2.05) is 50.2 Å². The molecule has 4 nitrogen and oxygen atoms in total. The fourth-order valence-corrected chi connectivity index (χ4v) is 2.56. The van der Waals surface area contributed by atoms with Crippen molar-refractivity contribution >= 4 is 39.1 Å². The van der Waals surface area contributed by atoms with Gasteiger partial charge >= 0.3 is 0 Å². The van der Waals surface area contributed by atoms with Crippen LogP contribution in [0.2, 0.25) is 0 Å². The van der Waals surface area contributed by atoms with Gasteiger partial charge in [0.1, 0.15) is 6.42 Å². The molecule has 0 saturated carbocycles. The van der Waals surface area contributed by atoms with Gasteiger partial charge in [-0.05, 0) is 59.1 Å². The second-order valence-corrected chi connectivity index (χ2v) is 5.93. The summed E-state index contributed by atoms with van der Waals surface area (Å²) < 4.78 is 0.792. The maximum atomic E-state index is 11.9. The van der Waals surface area contributed by atoms with Crippen LogP contribution in [-0.4, -0.2) is 11.8 Å². The first-order chi connectivity index (χ1) is 10.5. The molecule has 0 bridgehead atoms. The van der Waals surface area contributed by atoms with Gasteiger partial charge in [-0.2, -0.15) is 0 Å². The molecule has 22 heavy (non-hydrogen) atoms. The van der Waals surface area contributed by atoms with Crippen LogP contribution in [0.15, 0.2) is 46.9 Å². The highest BCUT2D eigenvalue weighted by atomic mass is 79.9. The molecule has 2 aromatic rings. The molecule has 114 valence electrons. The third kappa shape index (κ3) is 4.43. The number of aryl methyl sites for hydroxylation is 2. The molecule has 0 aromatic heterocycles. The summed E-state index contributed by atoms with van der Waals surface area (Å²) in [6, 6.07) is 13.0. The SMILES string of the molecule is Cc1ccc(NC(=O)CC(=O)Nc2ccccc2C)c(Br)c1. The molecule has 2 amide bonds. The Morgan fingerprint density at radius 1 is 0.955 bits per heavy atom. The summed E-state index contributed by atoms with van der Waals surface area (Å²) in [7, 11) is 0. The van der Waals surface area contributed by atoms with Crippen LogP contribution in [-0.2, 0) is 9.59 Å². The van der Waals surface area contributed by atoms with E-state index in [1.54, 1.807) is 6.07 Å². The number of benzene rings is 2. The van der Waals surface area contributed by atoms with Gasteiger partial charge in [0.2, 0.25) is 11.8 Å². The Labute approximate surface area is 138 Å². The molecule has 0 aliphatic carbocycles. The molecule has 0 saturated heterocycles. The Kier molecular flexibility index (Phi) is 5.33. The van der Waals surface area contributed by atoms with Gasteiger partial charge in [0.15, 0.2) is 0 Å². The van der Waals surface area contributed by atoms with E-state index in [0.29, 0.717) is 5.69 Å². The van der Waals surface area contributed by atoms with Crippen LogP contribution in [0.4, 0.5) is 11.4 Å². The maximum Gasteiger partial charge on any atom is 0.233 e. The molecule has 0 aliphatic rings. The lowest BCUT2D eigenvalue weighted by molar-refractivity contribution is -0.123. The number of nitrogens with one attached hydrogen (secondary N) is 2. The van der Waals surface area contributed by atoms with Gasteiger partial charge < -0.3 is 10.6 Å². The molecule has 0 fully saturated rings. The molecule has 0 unspecified atom stereocenters. The highest BCUT2D eigenvalue weighted by Gasteiger charge is 2.12. The third-order valence-electron chi connectivity index (χ3n) is 3.14. The Bertz CT molecular complexity index is 714. The molecule has 5 heteroatoms. The van der Waals surface area contributed by atoms with Gasteiger partial charge in [-0.25, -0.2) is 0 Å². The van der Waals surface area contributed by atoms with Crippen molar-refractivity contribution in [2.24, 2.45) is 0 Å². The molecular weight excluding hydrogens is 344 g/mol. The molecule has 0 aliphatic heterocycles. The molecule has 2 N–H and O–H groups in total. The lowest BCUT2D eigenvalue weighted by Gasteiger charge is -2.10. The highest BCUT2D eigenvalue weighted by Crippen LogP contribution is 2.23. The number of hydrogen-bond acceptors (Lipinski definition) is 2. The van der Waals surface area contributed by atoms with E-state index in [4.69, 9.17) is 0 Å². The van der Waals surface area contributed by atoms with Crippen LogP contribution < -0.4 is 10.6 Å². The highest BCUT2D eigenvalue weighted by molar-refractivity contribution is 9.10. The van der Waals surface area contributed by atoms with E-state index >= 15 is 0 Å². The van der Waals surface area contributed by atoms with E-state index in [1.165, 1.54) is 0 Å². The van der Waals surface area contributed by atoms with Crippen molar-refractivity contribution in [1.29, 1.82) is 0 Å². The van der Waals surface area contributed by atoms with Crippen LogP contribution >= 0.6 is 15.9 Å². The summed E-state index contributed by atoms with van der Waals surface area (Å²) in [4.78, 5) is 23.9. The summed E-state index contributed by atoms with van der Waals surface area (Å²) in [6.45, 7) is 3.87. The molecule has 0 spiro atoms. The van der Waals surface area contributed by atoms with Crippen molar-refractivity contribution in [1.82, 2.24) is 0 Å². The second kappa shape index (κ2) is 7.22. The average Bonchev–Trinajstić information content (AvgIpc) is 2.44. The molecule has 0 radical (unpaired) electrons. The van der Waals surface area contributed by atoms with E-state index < -0.39 is 0 Å². The Morgan fingerprint density at radius 3 is 2.23 bits per heavy atom. The number of hydrogen-bond donors (Lipinski definition) is 2. The van der Waals surface area contributed by atoms with E-state index in [9.17, 15) is 9.59 Å². The third-order valence-corrected chi connectivity index (χ3v) is 3.80. The van der Waals surface area contributed by atoms with Crippen LogP contribution in [0.25, 0.3) is 0 Å². The van der Waals surface area contributed by atoms with Crippen molar-refractivity contribution in [2.75, 3.05) is 10.6 Å². The number of para-hydroxylation sites is 1. The van der Waals surface area contributed by atoms with Crippen LogP contribution in [0.1, 0.15) is 17.5 Å². The minimum atomic E-state index is -0.351. The van der Waals surface area contributed by atoms with Gasteiger partial charge in [-0.1, -0.05) is 24.3 Å².